The molecule has 5 nitrogen and oxygen atoms in total. The molecule has 0 aliphatic carbocycles. The highest BCUT2D eigenvalue weighted by molar-refractivity contribution is 5.57. The Morgan fingerprint density at radius 3 is 2.89 bits per heavy atom. The molecule has 0 unspecified atom stereocenters. The number of rotatable bonds is 1. The summed E-state index contributed by atoms with van der Waals surface area (Å²) in [4.78, 5) is 18.4. The molecule has 1 N–H and O–H groups in total. The Morgan fingerprint density at radius 2 is 2.06 bits per heavy atom. The summed E-state index contributed by atoms with van der Waals surface area (Å²) in [6.45, 7) is 0. The second-order valence-corrected chi connectivity index (χ2v) is 3.70. The predicted octanol–water partition coefficient (Wildman–Crippen LogP) is 0.698. The maximum Gasteiger partial charge on any atom is 0.262 e. The molecule has 86 valence electrons. The zero-order chi connectivity index (χ0) is 12.4. The maximum absolute atomic E-state index is 11.6. The summed E-state index contributed by atoms with van der Waals surface area (Å²) in [7, 11) is 0. The van der Waals surface area contributed by atoms with Crippen LogP contribution in [0.25, 0.3) is 18.0 Å². The molecule has 18 heavy (non-hydrogen) atoms. The number of hydrogen-bond acceptors (Lipinski definition) is 4. The fraction of sp³-hybridized carbons (Fsp3) is 0. The van der Waals surface area contributed by atoms with Crippen molar-refractivity contribution in [3.8, 4) is 0 Å². The van der Waals surface area contributed by atoms with Gasteiger partial charge in [-0.15, -0.1) is 5.11 Å². The average molecular weight is 236 g/mol. The van der Waals surface area contributed by atoms with Gasteiger partial charge in [-0.3, -0.25) is 9.78 Å². The fourth-order valence-electron chi connectivity index (χ4n) is 1.57. The minimum atomic E-state index is -0.256. The zero-order valence-corrected chi connectivity index (χ0v) is 9.29. The number of benzene rings is 1. The van der Waals surface area contributed by atoms with Gasteiger partial charge in [-0.05, 0) is 11.6 Å². The highest BCUT2D eigenvalue weighted by Gasteiger charge is 2.04. The van der Waals surface area contributed by atoms with Crippen molar-refractivity contribution >= 4 is 23.8 Å². The van der Waals surface area contributed by atoms with Crippen LogP contribution in [0, 0.1) is 0 Å². The van der Waals surface area contributed by atoms with Gasteiger partial charge in [-0.2, -0.15) is 5.11 Å². The van der Waals surface area contributed by atoms with Crippen molar-refractivity contribution in [1.82, 2.24) is 9.97 Å². The molecular weight excluding hydrogens is 228 g/mol. The molecule has 2 aromatic rings. The van der Waals surface area contributed by atoms with E-state index in [0.29, 0.717) is 16.5 Å². The summed E-state index contributed by atoms with van der Waals surface area (Å²) in [6, 6.07) is 9.66. The first-order valence-corrected chi connectivity index (χ1v) is 5.36. The van der Waals surface area contributed by atoms with Crippen LogP contribution < -0.4 is 16.3 Å². The van der Waals surface area contributed by atoms with E-state index in [2.05, 4.69) is 25.9 Å². The van der Waals surface area contributed by atoms with Gasteiger partial charge in [0.05, 0.1) is 6.20 Å². The number of aromatic amines is 1. The number of nitrogens with one attached hydrogen (secondary N) is 1. The van der Waals surface area contributed by atoms with E-state index in [9.17, 15) is 4.79 Å². The zero-order valence-electron chi connectivity index (χ0n) is 9.29. The van der Waals surface area contributed by atoms with Crippen LogP contribution in [-0.4, -0.2) is 9.97 Å². The van der Waals surface area contributed by atoms with Gasteiger partial charge in [0.25, 0.3) is 5.56 Å². The molecule has 0 atom stereocenters. The van der Waals surface area contributed by atoms with Gasteiger partial charge in [-0.25, -0.2) is 4.98 Å². The van der Waals surface area contributed by atoms with Gasteiger partial charge < -0.3 is 0 Å². The van der Waals surface area contributed by atoms with Gasteiger partial charge >= 0.3 is 0 Å². The lowest BCUT2D eigenvalue weighted by Gasteiger charge is -1.88. The number of fused-ring (bicyclic) bond motifs is 1. The molecule has 1 aliphatic heterocycles. The Bertz CT molecular complexity index is 828. The van der Waals surface area contributed by atoms with Crippen LogP contribution >= 0.6 is 0 Å². The molecule has 0 saturated heterocycles. The first kappa shape index (κ1) is 10.4. The number of aromatic nitrogens is 2. The van der Waals surface area contributed by atoms with E-state index in [-0.39, 0.29) is 5.56 Å². The van der Waals surface area contributed by atoms with E-state index in [4.69, 9.17) is 0 Å². The summed E-state index contributed by atoms with van der Waals surface area (Å²) >= 11 is 0. The lowest BCUT2D eigenvalue weighted by atomic mass is 10.2. The summed E-state index contributed by atoms with van der Waals surface area (Å²) in [5.41, 5.74) is 3.99. The molecule has 5 heteroatoms. The Balaban J connectivity index is 2.18. The lowest BCUT2D eigenvalue weighted by molar-refractivity contribution is 1.02. The molecule has 0 spiro atoms. The van der Waals surface area contributed by atoms with E-state index in [1.165, 1.54) is 6.20 Å². The van der Waals surface area contributed by atoms with E-state index in [1.54, 1.807) is 6.08 Å². The van der Waals surface area contributed by atoms with Crippen LogP contribution in [0.1, 0.15) is 5.56 Å². The van der Waals surface area contributed by atoms with Gasteiger partial charge in [-0.1, -0.05) is 36.1 Å². The average Bonchev–Trinajstić information content (AvgIpc) is 2.86. The summed E-state index contributed by atoms with van der Waals surface area (Å²) < 4.78 is 0. The van der Waals surface area contributed by atoms with E-state index in [1.807, 2.05) is 30.3 Å². The highest BCUT2D eigenvalue weighted by Crippen LogP contribution is 2.01. The van der Waals surface area contributed by atoms with Crippen LogP contribution in [0.15, 0.2) is 45.4 Å². The molecule has 2 heterocycles. The highest BCUT2D eigenvalue weighted by atomic mass is 16.1. The van der Waals surface area contributed by atoms with Crippen LogP contribution in [0.4, 0.5) is 5.82 Å². The van der Waals surface area contributed by atoms with Crippen molar-refractivity contribution in [2.24, 2.45) is 10.2 Å². The summed E-state index contributed by atoms with van der Waals surface area (Å²) in [6.07, 6.45) is 3.15. The van der Waals surface area contributed by atoms with Gasteiger partial charge in [0, 0.05) is 0 Å². The smallest absolute Gasteiger partial charge is 0.262 e. The summed E-state index contributed by atoms with van der Waals surface area (Å²) in [5.74, 6) is 0.336. The standard InChI is InChI=1S/C13H8N4O/c18-13-10-8-14-17-12(10)15-11(16-13)7-6-9-4-2-1-3-5-9/h1-6,8H,(H,16,18). The van der Waals surface area contributed by atoms with Crippen LogP contribution in [0.2, 0.25) is 0 Å². The van der Waals surface area contributed by atoms with Crippen molar-refractivity contribution < 1.29 is 0 Å². The summed E-state index contributed by atoms with van der Waals surface area (Å²) in [5, 5.41) is 7.80. The normalized spacial score (nSPS) is 11.6. The van der Waals surface area contributed by atoms with E-state index in [0.717, 1.165) is 5.56 Å². The molecule has 1 aliphatic rings. The minimum absolute atomic E-state index is 0.256. The minimum Gasteiger partial charge on any atom is -0.300 e. The van der Waals surface area contributed by atoms with Crippen molar-refractivity contribution in [2.45, 2.75) is 0 Å². The second-order valence-electron chi connectivity index (χ2n) is 3.70. The molecule has 1 aromatic carbocycles. The first-order chi connectivity index (χ1) is 8.83. The van der Waals surface area contributed by atoms with Gasteiger partial charge in [0.15, 0.2) is 11.3 Å². The molecule has 0 radical (unpaired) electrons. The van der Waals surface area contributed by atoms with E-state index < -0.39 is 0 Å². The number of hydrogen-bond donors (Lipinski definition) is 1. The molecule has 0 saturated carbocycles. The molecular formula is C13H8N4O. The molecule has 1 aromatic heterocycles. The topological polar surface area (TPSA) is 70.5 Å². The Labute approximate surface area is 102 Å². The van der Waals surface area contributed by atoms with Crippen LogP contribution in [0.5, 0.6) is 0 Å². The fourth-order valence-corrected chi connectivity index (χ4v) is 1.57. The largest absolute Gasteiger partial charge is 0.300 e. The molecule has 0 amide bonds. The monoisotopic (exact) mass is 236 g/mol. The first-order valence-electron chi connectivity index (χ1n) is 5.36. The third-order valence-corrected chi connectivity index (χ3v) is 2.45. The van der Waals surface area contributed by atoms with Crippen molar-refractivity contribution in [3.05, 3.63) is 56.9 Å². The maximum atomic E-state index is 11.6. The number of nitrogens with zero attached hydrogens (tertiary/aromatic N) is 3. The quantitative estimate of drug-likeness (QED) is 0.791. The van der Waals surface area contributed by atoms with Crippen LogP contribution in [0.3, 0.4) is 0 Å². The lowest BCUT2D eigenvalue weighted by Crippen LogP contribution is -2.34. The third kappa shape index (κ3) is 1.90. The Kier molecular flexibility index (Phi) is 2.44. The van der Waals surface area contributed by atoms with Crippen LogP contribution in [-0.2, 0) is 0 Å². The van der Waals surface area contributed by atoms with Gasteiger partial charge in [0.1, 0.15) is 5.22 Å². The van der Waals surface area contributed by atoms with Crippen molar-refractivity contribution in [3.63, 3.8) is 0 Å². The molecule has 3 rings (SSSR count). The number of azo groups is 1. The molecule has 0 bridgehead atoms. The van der Waals surface area contributed by atoms with E-state index >= 15 is 0 Å². The Hall–Kier alpha value is -2.78. The molecule has 0 fully saturated rings. The van der Waals surface area contributed by atoms with Gasteiger partial charge in [0.2, 0.25) is 0 Å². The third-order valence-electron chi connectivity index (χ3n) is 2.45. The Morgan fingerprint density at radius 1 is 1.22 bits per heavy atom. The SMILES string of the molecule is O=c1[nH]c(=C=Cc2ccccc2)nc2c1=CN=N2. The van der Waals surface area contributed by atoms with Crippen molar-refractivity contribution in [1.29, 1.82) is 0 Å². The second kappa shape index (κ2) is 4.24. The van der Waals surface area contributed by atoms with Crippen molar-refractivity contribution in [2.75, 3.05) is 0 Å². The number of H-pyrrole nitrogens is 1. The predicted molar refractivity (Wildman–Crippen MR) is 67.4 cm³/mol.